The minimum atomic E-state index is -0.268. The fourth-order valence-electron chi connectivity index (χ4n) is 7.63. The van der Waals surface area contributed by atoms with Gasteiger partial charge < -0.3 is 4.74 Å². The average molecular weight is 427 g/mol. The van der Waals surface area contributed by atoms with Gasteiger partial charge in [-0.3, -0.25) is 14.4 Å². The molecule has 0 spiro atoms. The lowest BCUT2D eigenvalue weighted by molar-refractivity contribution is -0.141. The van der Waals surface area contributed by atoms with Crippen LogP contribution in [0, 0.1) is 28.6 Å². The molecule has 170 valence electrons. The number of hydrogen-bond donors (Lipinski definition) is 0. The van der Waals surface area contributed by atoms with E-state index in [4.69, 9.17) is 4.74 Å². The van der Waals surface area contributed by atoms with Crippen LogP contribution in [-0.2, 0) is 19.1 Å². The molecular weight excluding hydrogens is 388 g/mol. The van der Waals surface area contributed by atoms with Crippen molar-refractivity contribution in [1.82, 2.24) is 0 Å². The van der Waals surface area contributed by atoms with E-state index in [-0.39, 0.29) is 16.8 Å². The fraction of sp³-hybridized carbons (Fsp3) is 0.741. The number of esters is 1. The van der Waals surface area contributed by atoms with E-state index in [9.17, 15) is 14.4 Å². The lowest BCUT2D eigenvalue weighted by atomic mass is 9.47. The van der Waals surface area contributed by atoms with Gasteiger partial charge in [0, 0.05) is 12.8 Å². The maximum absolute atomic E-state index is 12.3. The molecule has 0 heterocycles. The van der Waals surface area contributed by atoms with E-state index >= 15 is 0 Å². The molecule has 4 aliphatic carbocycles. The van der Waals surface area contributed by atoms with Crippen LogP contribution in [0.15, 0.2) is 23.0 Å². The lowest BCUT2D eigenvalue weighted by Crippen LogP contribution is -2.49. The molecule has 5 atom stereocenters. The van der Waals surface area contributed by atoms with Crippen LogP contribution in [-0.4, -0.2) is 18.0 Å². The third-order valence-corrected chi connectivity index (χ3v) is 9.36. The fourth-order valence-corrected chi connectivity index (χ4v) is 7.63. The molecule has 4 aliphatic rings. The first-order chi connectivity index (χ1) is 14.8. The molecule has 0 aromatic heterocycles. The van der Waals surface area contributed by atoms with Crippen LogP contribution in [0.25, 0.3) is 0 Å². The predicted molar refractivity (Wildman–Crippen MR) is 120 cm³/mol. The summed E-state index contributed by atoms with van der Waals surface area (Å²) in [6.45, 7) is 6.81. The van der Waals surface area contributed by atoms with Crippen LogP contribution in [0.4, 0.5) is 0 Å². The Balaban J connectivity index is 1.56. The summed E-state index contributed by atoms with van der Waals surface area (Å²) in [6.07, 6.45) is 13.9. The molecule has 0 bridgehead atoms. The van der Waals surface area contributed by atoms with Crippen molar-refractivity contribution in [3.05, 3.63) is 23.0 Å². The second kappa shape index (κ2) is 8.67. The summed E-state index contributed by atoms with van der Waals surface area (Å²) in [4.78, 5) is 36.3. The second-order valence-corrected chi connectivity index (χ2v) is 10.9. The monoisotopic (exact) mass is 426 g/mol. The van der Waals surface area contributed by atoms with E-state index in [2.05, 4.69) is 20.8 Å². The number of fused-ring (bicyclic) bond motifs is 5. The molecule has 3 fully saturated rings. The van der Waals surface area contributed by atoms with E-state index in [0.717, 1.165) is 76.1 Å². The standard InChI is InChI=1S/C27H38O4/c1-4-5-6-7-25(30)31-24(17-28)23-11-10-21-20-9-8-18-16-19(29)12-14-26(18,2)22(20)13-15-27(21,23)3/h16-17,20-22H,4-15H2,1-3H3/t20-,21-,22-,26-,27-/m0/s1. The third-order valence-electron chi connectivity index (χ3n) is 9.36. The van der Waals surface area contributed by atoms with Crippen LogP contribution >= 0.6 is 0 Å². The first-order valence-corrected chi connectivity index (χ1v) is 12.5. The molecule has 0 N–H and O–H groups in total. The van der Waals surface area contributed by atoms with Crippen molar-refractivity contribution in [2.45, 2.75) is 97.8 Å². The first kappa shape index (κ1) is 22.5. The van der Waals surface area contributed by atoms with Gasteiger partial charge in [-0.1, -0.05) is 39.2 Å². The van der Waals surface area contributed by atoms with Crippen LogP contribution in [0.1, 0.15) is 97.8 Å². The molecule has 0 unspecified atom stereocenters. The maximum atomic E-state index is 12.3. The molecule has 4 rings (SSSR count). The Kier molecular flexibility index (Phi) is 6.29. The summed E-state index contributed by atoms with van der Waals surface area (Å²) in [5.41, 5.74) is 2.57. The molecule has 0 aromatic carbocycles. The normalized spacial score (nSPS) is 38.5. The van der Waals surface area contributed by atoms with Crippen molar-refractivity contribution in [2.24, 2.45) is 28.6 Å². The highest BCUT2D eigenvalue weighted by atomic mass is 16.5. The molecule has 0 amide bonds. The zero-order valence-electron chi connectivity index (χ0n) is 19.5. The summed E-state index contributed by atoms with van der Waals surface area (Å²) in [5.74, 6) is 2.11. The molecule has 4 nitrogen and oxygen atoms in total. The van der Waals surface area contributed by atoms with Gasteiger partial charge in [0.1, 0.15) is 0 Å². The van der Waals surface area contributed by atoms with E-state index in [1.807, 2.05) is 6.08 Å². The molecule has 0 aromatic rings. The Hall–Kier alpha value is -1.71. The average Bonchev–Trinajstić information content (AvgIpc) is 3.10. The smallest absolute Gasteiger partial charge is 0.311 e. The molecular formula is C27H38O4. The van der Waals surface area contributed by atoms with Crippen molar-refractivity contribution in [1.29, 1.82) is 0 Å². The molecule has 3 saturated carbocycles. The highest BCUT2D eigenvalue weighted by molar-refractivity contribution is 5.91. The molecule has 0 aliphatic heterocycles. The van der Waals surface area contributed by atoms with Crippen molar-refractivity contribution < 1.29 is 19.1 Å². The number of rotatable bonds is 6. The summed E-state index contributed by atoms with van der Waals surface area (Å²) < 4.78 is 5.62. The van der Waals surface area contributed by atoms with Gasteiger partial charge in [-0.15, -0.1) is 0 Å². The highest BCUT2D eigenvalue weighted by Crippen LogP contribution is 2.66. The van der Waals surface area contributed by atoms with Gasteiger partial charge >= 0.3 is 5.97 Å². The van der Waals surface area contributed by atoms with Gasteiger partial charge in [0.05, 0.1) is 0 Å². The number of unbranched alkanes of at least 4 members (excludes halogenated alkanes) is 2. The van der Waals surface area contributed by atoms with Gasteiger partial charge in [0.2, 0.25) is 0 Å². The van der Waals surface area contributed by atoms with E-state index in [1.165, 1.54) is 5.57 Å². The van der Waals surface area contributed by atoms with E-state index in [1.54, 1.807) is 0 Å². The Morgan fingerprint density at radius 2 is 1.84 bits per heavy atom. The number of ether oxygens (including phenoxy) is 1. The zero-order valence-corrected chi connectivity index (χ0v) is 19.5. The Morgan fingerprint density at radius 1 is 1.06 bits per heavy atom. The second-order valence-electron chi connectivity index (χ2n) is 10.9. The number of ketones is 1. The summed E-state index contributed by atoms with van der Waals surface area (Å²) in [6, 6.07) is 0. The van der Waals surface area contributed by atoms with Crippen LogP contribution in [0.3, 0.4) is 0 Å². The Labute approximate surface area is 186 Å². The number of carbonyl (C=O) groups is 3. The van der Waals surface area contributed by atoms with Crippen molar-refractivity contribution in [3.63, 3.8) is 0 Å². The zero-order chi connectivity index (χ0) is 22.2. The minimum Gasteiger partial charge on any atom is -0.423 e. The molecule has 4 heteroatoms. The SMILES string of the molecule is CCCCCC(=O)OC(C=O)=C1CC[C@H]2[C@@H]3CCC4=CC(=O)CC[C@]4(C)[C@H]3CC[C@]12C. The maximum Gasteiger partial charge on any atom is 0.311 e. The van der Waals surface area contributed by atoms with Crippen LogP contribution in [0.5, 0.6) is 0 Å². The summed E-state index contributed by atoms with van der Waals surface area (Å²) in [7, 11) is 0. The predicted octanol–water partition coefficient (Wildman–Crippen LogP) is 6.09. The number of hydrogen-bond acceptors (Lipinski definition) is 4. The number of carbonyl (C=O) groups excluding carboxylic acids is 3. The Morgan fingerprint density at radius 3 is 2.58 bits per heavy atom. The van der Waals surface area contributed by atoms with Crippen molar-refractivity contribution in [3.8, 4) is 0 Å². The van der Waals surface area contributed by atoms with Crippen LogP contribution in [0.2, 0.25) is 0 Å². The molecule has 0 saturated heterocycles. The Bertz CT molecular complexity index is 821. The number of aldehydes is 1. The summed E-state index contributed by atoms with van der Waals surface area (Å²) >= 11 is 0. The van der Waals surface area contributed by atoms with Crippen molar-refractivity contribution in [2.75, 3.05) is 0 Å². The summed E-state index contributed by atoms with van der Waals surface area (Å²) in [5, 5.41) is 0. The third kappa shape index (κ3) is 3.85. The molecule has 0 radical (unpaired) electrons. The van der Waals surface area contributed by atoms with Gasteiger partial charge in [0.15, 0.2) is 17.8 Å². The van der Waals surface area contributed by atoms with Crippen molar-refractivity contribution >= 4 is 18.0 Å². The topological polar surface area (TPSA) is 60.4 Å². The van der Waals surface area contributed by atoms with E-state index < -0.39 is 0 Å². The minimum absolute atomic E-state index is 0.0524. The molecule has 31 heavy (non-hydrogen) atoms. The van der Waals surface area contributed by atoms with Crippen LogP contribution < -0.4 is 0 Å². The van der Waals surface area contributed by atoms with Gasteiger partial charge in [-0.05, 0) is 91.6 Å². The largest absolute Gasteiger partial charge is 0.423 e. The van der Waals surface area contributed by atoms with E-state index in [0.29, 0.717) is 42.1 Å². The van der Waals surface area contributed by atoms with Gasteiger partial charge in [-0.2, -0.15) is 0 Å². The van der Waals surface area contributed by atoms with Gasteiger partial charge in [0.25, 0.3) is 0 Å². The van der Waals surface area contributed by atoms with Gasteiger partial charge in [-0.25, -0.2) is 0 Å². The highest BCUT2D eigenvalue weighted by Gasteiger charge is 2.58. The number of allylic oxidation sites excluding steroid dienone is 3. The lowest BCUT2D eigenvalue weighted by Gasteiger charge is -2.57. The first-order valence-electron chi connectivity index (χ1n) is 12.5. The quantitative estimate of drug-likeness (QED) is 0.169.